The molecule has 2 N–H and O–H groups in total. The van der Waals surface area contributed by atoms with Gasteiger partial charge >= 0.3 is 0 Å². The van der Waals surface area contributed by atoms with Gasteiger partial charge in [-0.05, 0) is 31.0 Å². The lowest BCUT2D eigenvalue weighted by atomic mass is 9.96. The predicted octanol–water partition coefficient (Wildman–Crippen LogP) is 2.87. The average molecular weight is 403 g/mol. The van der Waals surface area contributed by atoms with Gasteiger partial charge in [-0.1, -0.05) is 49.4 Å². The SMILES string of the molecule is CCC(CNC(=O)CCNS(=O)(=O)c1ccc(C(C)=O)cc1)c1ccccc1. The van der Waals surface area contributed by atoms with Crippen LogP contribution in [0.5, 0.6) is 0 Å². The first-order valence-corrected chi connectivity index (χ1v) is 10.7. The molecule has 0 saturated heterocycles. The maximum absolute atomic E-state index is 12.3. The van der Waals surface area contributed by atoms with Gasteiger partial charge in [0.25, 0.3) is 0 Å². The molecule has 2 aromatic rings. The molecule has 28 heavy (non-hydrogen) atoms. The van der Waals surface area contributed by atoms with Crippen LogP contribution in [0.3, 0.4) is 0 Å². The van der Waals surface area contributed by atoms with Gasteiger partial charge in [-0.25, -0.2) is 13.1 Å². The Kier molecular flexibility index (Phi) is 7.90. The third-order valence-electron chi connectivity index (χ3n) is 4.52. The highest BCUT2D eigenvalue weighted by Gasteiger charge is 2.15. The van der Waals surface area contributed by atoms with E-state index in [-0.39, 0.29) is 35.5 Å². The molecule has 0 heterocycles. The van der Waals surface area contributed by atoms with Crippen LogP contribution in [0.25, 0.3) is 0 Å². The zero-order valence-corrected chi connectivity index (χ0v) is 17.0. The lowest BCUT2D eigenvalue weighted by Crippen LogP contribution is -2.32. The van der Waals surface area contributed by atoms with Crippen LogP contribution in [-0.2, 0) is 14.8 Å². The second-order valence-corrected chi connectivity index (χ2v) is 8.32. The van der Waals surface area contributed by atoms with Gasteiger partial charge in [-0.15, -0.1) is 0 Å². The van der Waals surface area contributed by atoms with Gasteiger partial charge in [0.05, 0.1) is 4.90 Å². The first-order chi connectivity index (χ1) is 13.3. The molecule has 2 rings (SSSR count). The maximum atomic E-state index is 12.3. The van der Waals surface area contributed by atoms with Gasteiger partial charge in [0.15, 0.2) is 5.78 Å². The zero-order chi connectivity index (χ0) is 20.6. The number of amides is 1. The van der Waals surface area contributed by atoms with Crippen molar-refractivity contribution < 1.29 is 18.0 Å². The van der Waals surface area contributed by atoms with Crippen LogP contribution in [0.2, 0.25) is 0 Å². The Balaban J connectivity index is 1.81. The molecule has 0 fully saturated rings. The summed E-state index contributed by atoms with van der Waals surface area (Å²) in [6, 6.07) is 15.7. The van der Waals surface area contributed by atoms with Crippen LogP contribution in [0.1, 0.15) is 48.5 Å². The summed E-state index contributed by atoms with van der Waals surface area (Å²) in [5.74, 6) is -0.111. The Morgan fingerprint density at radius 1 is 1.00 bits per heavy atom. The number of rotatable bonds is 10. The second-order valence-electron chi connectivity index (χ2n) is 6.55. The smallest absolute Gasteiger partial charge is 0.240 e. The Morgan fingerprint density at radius 3 is 2.21 bits per heavy atom. The minimum absolute atomic E-state index is 0.00472. The van der Waals surface area contributed by atoms with E-state index >= 15 is 0 Å². The molecule has 0 spiro atoms. The lowest BCUT2D eigenvalue weighted by Gasteiger charge is -2.16. The van der Waals surface area contributed by atoms with E-state index in [2.05, 4.69) is 17.0 Å². The summed E-state index contributed by atoms with van der Waals surface area (Å²) in [5.41, 5.74) is 1.61. The molecule has 1 unspecified atom stereocenters. The van der Waals surface area contributed by atoms with Crippen LogP contribution in [0.15, 0.2) is 59.5 Å². The third kappa shape index (κ3) is 6.28. The standard InChI is InChI=1S/C21H26N2O4S/c1-3-17(19-7-5-4-6-8-19)15-22-21(25)13-14-23-28(26,27)20-11-9-18(10-12-20)16(2)24/h4-12,17,23H,3,13-15H2,1-2H3,(H,22,25). The van der Waals surface area contributed by atoms with Crippen LogP contribution in [0.4, 0.5) is 0 Å². The number of carbonyl (C=O) groups excluding carboxylic acids is 2. The highest BCUT2D eigenvalue weighted by Crippen LogP contribution is 2.18. The van der Waals surface area contributed by atoms with Crippen molar-refractivity contribution in [3.8, 4) is 0 Å². The second kappa shape index (κ2) is 10.1. The molecule has 0 aromatic heterocycles. The molecule has 1 atom stereocenters. The fraction of sp³-hybridized carbons (Fsp3) is 0.333. The average Bonchev–Trinajstić information content (AvgIpc) is 2.69. The summed E-state index contributed by atoms with van der Waals surface area (Å²) >= 11 is 0. The summed E-state index contributed by atoms with van der Waals surface area (Å²) < 4.78 is 26.9. The fourth-order valence-corrected chi connectivity index (χ4v) is 3.83. The molecule has 0 aliphatic heterocycles. The van der Waals surface area contributed by atoms with Gasteiger partial charge in [0.1, 0.15) is 0 Å². The first-order valence-electron chi connectivity index (χ1n) is 9.25. The van der Waals surface area contributed by atoms with Crippen molar-refractivity contribution >= 4 is 21.7 Å². The van der Waals surface area contributed by atoms with Crippen molar-refractivity contribution in [2.45, 2.75) is 37.5 Å². The number of Topliss-reactive ketones (excluding diaryl/α,β-unsaturated/α-hetero) is 1. The van der Waals surface area contributed by atoms with E-state index in [1.165, 1.54) is 36.8 Å². The Labute approximate surface area is 166 Å². The number of benzene rings is 2. The molecule has 0 aliphatic carbocycles. The number of hydrogen-bond donors (Lipinski definition) is 2. The normalized spacial score (nSPS) is 12.4. The van der Waals surface area contributed by atoms with E-state index in [1.807, 2.05) is 30.3 Å². The number of ketones is 1. The van der Waals surface area contributed by atoms with Gasteiger partial charge in [0, 0.05) is 31.0 Å². The number of hydrogen-bond acceptors (Lipinski definition) is 4. The molecule has 0 bridgehead atoms. The van der Waals surface area contributed by atoms with Crippen LogP contribution in [-0.4, -0.2) is 33.2 Å². The van der Waals surface area contributed by atoms with E-state index in [0.717, 1.165) is 6.42 Å². The van der Waals surface area contributed by atoms with Crippen molar-refractivity contribution in [2.24, 2.45) is 0 Å². The molecule has 2 aromatic carbocycles. The van der Waals surface area contributed by atoms with Crippen molar-refractivity contribution in [3.05, 3.63) is 65.7 Å². The van der Waals surface area contributed by atoms with Crippen molar-refractivity contribution in [3.63, 3.8) is 0 Å². The van der Waals surface area contributed by atoms with E-state index in [1.54, 1.807) is 0 Å². The summed E-state index contributed by atoms with van der Waals surface area (Å²) in [7, 11) is -3.72. The Morgan fingerprint density at radius 2 is 1.64 bits per heavy atom. The van der Waals surface area contributed by atoms with Crippen LogP contribution in [0, 0.1) is 0 Å². The molecule has 150 valence electrons. The predicted molar refractivity (Wildman–Crippen MR) is 109 cm³/mol. The molecular formula is C21H26N2O4S. The Bertz CT molecular complexity index is 894. The lowest BCUT2D eigenvalue weighted by molar-refractivity contribution is -0.121. The summed E-state index contributed by atoms with van der Waals surface area (Å²) in [6.07, 6.45) is 0.948. The van der Waals surface area contributed by atoms with Crippen LogP contribution < -0.4 is 10.0 Å². The largest absolute Gasteiger partial charge is 0.355 e. The summed E-state index contributed by atoms with van der Waals surface area (Å²) in [6.45, 7) is 4.00. The molecule has 6 nitrogen and oxygen atoms in total. The topological polar surface area (TPSA) is 92.3 Å². The Hall–Kier alpha value is -2.51. The third-order valence-corrected chi connectivity index (χ3v) is 6.00. The minimum Gasteiger partial charge on any atom is -0.355 e. The summed E-state index contributed by atoms with van der Waals surface area (Å²) in [5, 5.41) is 2.87. The van der Waals surface area contributed by atoms with Gasteiger partial charge in [0.2, 0.25) is 15.9 Å². The zero-order valence-electron chi connectivity index (χ0n) is 16.1. The maximum Gasteiger partial charge on any atom is 0.240 e. The summed E-state index contributed by atoms with van der Waals surface area (Å²) in [4.78, 5) is 23.4. The number of sulfonamides is 1. The van der Waals surface area contributed by atoms with E-state index < -0.39 is 10.0 Å². The molecule has 0 radical (unpaired) electrons. The van der Waals surface area contributed by atoms with E-state index in [4.69, 9.17) is 0 Å². The molecule has 0 saturated carbocycles. The number of carbonyl (C=O) groups is 2. The molecule has 7 heteroatoms. The van der Waals surface area contributed by atoms with E-state index in [9.17, 15) is 18.0 Å². The van der Waals surface area contributed by atoms with Gasteiger partial charge in [-0.2, -0.15) is 0 Å². The van der Waals surface area contributed by atoms with Crippen molar-refractivity contribution in [1.82, 2.24) is 10.0 Å². The fourth-order valence-electron chi connectivity index (χ4n) is 2.80. The molecular weight excluding hydrogens is 376 g/mol. The quantitative estimate of drug-likeness (QED) is 0.598. The number of nitrogens with one attached hydrogen (secondary N) is 2. The first kappa shape index (κ1) is 21.8. The van der Waals surface area contributed by atoms with Crippen LogP contribution >= 0.6 is 0 Å². The minimum atomic E-state index is -3.72. The van der Waals surface area contributed by atoms with Gasteiger partial charge in [-0.3, -0.25) is 9.59 Å². The molecule has 1 amide bonds. The van der Waals surface area contributed by atoms with Gasteiger partial charge < -0.3 is 5.32 Å². The van der Waals surface area contributed by atoms with E-state index in [0.29, 0.717) is 12.1 Å². The van der Waals surface area contributed by atoms with Crippen molar-refractivity contribution in [1.29, 1.82) is 0 Å². The molecule has 0 aliphatic rings. The highest BCUT2D eigenvalue weighted by molar-refractivity contribution is 7.89. The monoisotopic (exact) mass is 402 g/mol. The van der Waals surface area contributed by atoms with Crippen molar-refractivity contribution in [2.75, 3.05) is 13.1 Å². The highest BCUT2D eigenvalue weighted by atomic mass is 32.2.